The van der Waals surface area contributed by atoms with Gasteiger partial charge in [-0.3, -0.25) is 9.59 Å². The van der Waals surface area contributed by atoms with E-state index in [1.807, 2.05) is 0 Å². The van der Waals surface area contributed by atoms with Crippen LogP contribution in [0.25, 0.3) is 11.0 Å². The van der Waals surface area contributed by atoms with Gasteiger partial charge < -0.3 is 9.73 Å². The monoisotopic (exact) mass is 432 g/mol. The van der Waals surface area contributed by atoms with Crippen molar-refractivity contribution in [1.29, 1.82) is 5.26 Å². The highest BCUT2D eigenvalue weighted by molar-refractivity contribution is 9.10. The molecule has 27 heavy (non-hydrogen) atoms. The van der Waals surface area contributed by atoms with Gasteiger partial charge in [0.25, 0.3) is 5.91 Å². The summed E-state index contributed by atoms with van der Waals surface area (Å²) in [6, 6.07) is 6.44. The maximum Gasteiger partial charge on any atom is 0.287 e. The summed E-state index contributed by atoms with van der Waals surface area (Å²) >= 11 is 3.11. The van der Waals surface area contributed by atoms with Crippen LogP contribution in [0.2, 0.25) is 0 Å². The number of nitriles is 1. The van der Waals surface area contributed by atoms with E-state index in [0.717, 1.165) is 19.3 Å². The summed E-state index contributed by atoms with van der Waals surface area (Å²) in [4.78, 5) is 26.0. The van der Waals surface area contributed by atoms with Crippen molar-refractivity contribution in [3.8, 4) is 6.07 Å². The number of nitrogens with one attached hydrogen (secondary N) is 1. The van der Waals surface area contributed by atoms with Crippen molar-refractivity contribution in [3.05, 3.63) is 34.2 Å². The standard InChI is InChI=1S/C20H18BrFN2O3/c21-13-8-12-9-16(27-15(12)10-14(13)22)17(25)24-20(4-2-1-3-5-20)18(26)19(11-23)6-7-19/h8-10H,1-7H2,(H,24,25). The van der Waals surface area contributed by atoms with E-state index in [1.165, 1.54) is 12.1 Å². The summed E-state index contributed by atoms with van der Waals surface area (Å²) in [5.74, 6) is -1.13. The van der Waals surface area contributed by atoms with Crippen molar-refractivity contribution >= 4 is 38.6 Å². The summed E-state index contributed by atoms with van der Waals surface area (Å²) in [5, 5.41) is 12.9. The number of ketones is 1. The van der Waals surface area contributed by atoms with Crippen LogP contribution in [-0.4, -0.2) is 17.2 Å². The molecule has 0 radical (unpaired) electrons. The third-order valence-corrected chi connectivity index (χ3v) is 6.28. The highest BCUT2D eigenvalue weighted by atomic mass is 79.9. The molecule has 0 atom stereocenters. The Bertz CT molecular complexity index is 942. The minimum atomic E-state index is -1.02. The Morgan fingerprint density at radius 1 is 1.15 bits per heavy atom. The van der Waals surface area contributed by atoms with Gasteiger partial charge in [0.2, 0.25) is 0 Å². The molecular formula is C20H18BrFN2O3. The maximum absolute atomic E-state index is 13.7. The van der Waals surface area contributed by atoms with E-state index in [9.17, 15) is 19.2 Å². The highest BCUT2D eigenvalue weighted by Crippen LogP contribution is 2.50. The molecule has 4 rings (SSSR count). The molecule has 5 nitrogen and oxygen atoms in total. The molecular weight excluding hydrogens is 415 g/mol. The lowest BCUT2D eigenvalue weighted by atomic mass is 9.73. The second-order valence-corrected chi connectivity index (χ2v) is 8.39. The zero-order valence-electron chi connectivity index (χ0n) is 14.6. The zero-order chi connectivity index (χ0) is 19.2. The summed E-state index contributed by atoms with van der Waals surface area (Å²) in [6.45, 7) is 0. The fourth-order valence-corrected chi connectivity index (χ4v) is 4.32. The van der Waals surface area contributed by atoms with Gasteiger partial charge in [0.1, 0.15) is 22.4 Å². The van der Waals surface area contributed by atoms with Gasteiger partial charge in [-0.1, -0.05) is 19.3 Å². The predicted molar refractivity (Wildman–Crippen MR) is 99.4 cm³/mol. The first-order valence-corrected chi connectivity index (χ1v) is 9.86. The lowest BCUT2D eigenvalue weighted by molar-refractivity contribution is -0.130. The number of carbonyl (C=O) groups excluding carboxylic acids is 2. The molecule has 0 aliphatic heterocycles. The number of halogens is 2. The molecule has 7 heteroatoms. The normalized spacial score (nSPS) is 20.0. The number of carbonyl (C=O) groups is 2. The van der Waals surface area contributed by atoms with E-state index in [-0.39, 0.29) is 21.6 Å². The topological polar surface area (TPSA) is 83.1 Å². The summed E-state index contributed by atoms with van der Waals surface area (Å²) in [6.07, 6.45) is 4.82. The molecule has 2 aliphatic rings. The molecule has 2 aliphatic carbocycles. The smallest absolute Gasteiger partial charge is 0.287 e. The van der Waals surface area contributed by atoms with Crippen molar-refractivity contribution in [3.63, 3.8) is 0 Å². The van der Waals surface area contributed by atoms with Crippen molar-refractivity contribution < 1.29 is 18.4 Å². The number of Topliss-reactive ketones (excluding diaryl/α,β-unsaturated/α-hetero) is 1. The van der Waals surface area contributed by atoms with Crippen LogP contribution in [0.1, 0.15) is 55.5 Å². The zero-order valence-corrected chi connectivity index (χ0v) is 16.2. The second-order valence-electron chi connectivity index (χ2n) is 7.53. The Kier molecular flexibility index (Phi) is 4.34. The molecule has 2 saturated carbocycles. The first-order valence-electron chi connectivity index (χ1n) is 9.06. The van der Waals surface area contributed by atoms with Gasteiger partial charge in [0.05, 0.1) is 10.5 Å². The lowest BCUT2D eigenvalue weighted by Crippen LogP contribution is -2.57. The molecule has 1 aromatic heterocycles. The van der Waals surface area contributed by atoms with Crippen LogP contribution in [0.5, 0.6) is 0 Å². The van der Waals surface area contributed by atoms with E-state index >= 15 is 0 Å². The van der Waals surface area contributed by atoms with Gasteiger partial charge in [-0.15, -0.1) is 0 Å². The van der Waals surface area contributed by atoms with Gasteiger partial charge in [0.15, 0.2) is 11.5 Å². The predicted octanol–water partition coefficient (Wildman–Crippen LogP) is 4.64. The number of hydrogen-bond acceptors (Lipinski definition) is 4. The Hall–Kier alpha value is -2.20. The molecule has 0 unspecified atom stereocenters. The first-order chi connectivity index (χ1) is 12.9. The van der Waals surface area contributed by atoms with Crippen LogP contribution in [-0.2, 0) is 4.79 Å². The lowest BCUT2D eigenvalue weighted by Gasteiger charge is -2.37. The van der Waals surface area contributed by atoms with Gasteiger partial charge >= 0.3 is 0 Å². The van der Waals surface area contributed by atoms with Gasteiger partial charge in [-0.2, -0.15) is 5.26 Å². The number of fused-ring (bicyclic) bond motifs is 1. The van der Waals surface area contributed by atoms with Gasteiger partial charge in [0, 0.05) is 11.5 Å². The molecule has 0 saturated heterocycles. The van der Waals surface area contributed by atoms with Gasteiger partial charge in [-0.05, 0) is 53.7 Å². The largest absolute Gasteiger partial charge is 0.451 e. The third-order valence-electron chi connectivity index (χ3n) is 5.68. The second kappa shape index (κ2) is 6.45. The molecule has 0 spiro atoms. The number of rotatable bonds is 4. The first kappa shape index (κ1) is 18.2. The molecule has 1 heterocycles. The highest BCUT2D eigenvalue weighted by Gasteiger charge is 2.58. The number of nitrogens with zero attached hydrogens (tertiary/aromatic N) is 1. The number of benzene rings is 1. The Morgan fingerprint density at radius 2 is 1.85 bits per heavy atom. The van der Waals surface area contributed by atoms with E-state index in [4.69, 9.17) is 4.42 Å². The quantitative estimate of drug-likeness (QED) is 0.762. The van der Waals surface area contributed by atoms with Crippen LogP contribution >= 0.6 is 15.9 Å². The van der Waals surface area contributed by atoms with Crippen molar-refractivity contribution in [2.45, 2.75) is 50.5 Å². The fourth-order valence-electron chi connectivity index (χ4n) is 3.96. The van der Waals surface area contributed by atoms with Crippen LogP contribution in [0, 0.1) is 22.6 Å². The van der Waals surface area contributed by atoms with Crippen molar-refractivity contribution in [2.24, 2.45) is 5.41 Å². The molecule has 0 bridgehead atoms. The minimum absolute atomic E-state index is 0.0297. The van der Waals surface area contributed by atoms with Crippen molar-refractivity contribution in [1.82, 2.24) is 5.32 Å². The fraction of sp³-hybridized carbons (Fsp3) is 0.450. The Morgan fingerprint density at radius 3 is 2.48 bits per heavy atom. The molecule has 1 N–H and O–H groups in total. The number of furan rings is 1. The van der Waals surface area contributed by atoms with Crippen LogP contribution in [0.3, 0.4) is 0 Å². The van der Waals surface area contributed by atoms with E-state index in [0.29, 0.717) is 31.1 Å². The molecule has 1 aromatic carbocycles. The molecule has 2 fully saturated rings. The van der Waals surface area contributed by atoms with Crippen LogP contribution in [0.15, 0.2) is 27.1 Å². The average molecular weight is 433 g/mol. The van der Waals surface area contributed by atoms with E-state index < -0.39 is 22.7 Å². The molecule has 1 amide bonds. The minimum Gasteiger partial charge on any atom is -0.451 e. The average Bonchev–Trinajstić information content (AvgIpc) is 3.36. The Balaban J connectivity index is 1.64. The number of hydrogen-bond donors (Lipinski definition) is 1. The van der Waals surface area contributed by atoms with E-state index in [2.05, 4.69) is 27.3 Å². The van der Waals surface area contributed by atoms with E-state index in [1.54, 1.807) is 6.07 Å². The molecule has 140 valence electrons. The SMILES string of the molecule is N#CC1(C(=O)C2(NC(=O)c3cc4cc(Br)c(F)cc4o3)CCCCC2)CC1. The van der Waals surface area contributed by atoms with Crippen LogP contribution < -0.4 is 5.32 Å². The van der Waals surface area contributed by atoms with Crippen LogP contribution in [0.4, 0.5) is 4.39 Å². The third kappa shape index (κ3) is 3.06. The maximum atomic E-state index is 13.7. The summed E-state index contributed by atoms with van der Waals surface area (Å²) in [5.41, 5.74) is -1.71. The van der Waals surface area contributed by atoms with Crippen molar-refractivity contribution in [2.75, 3.05) is 0 Å². The Labute approximate surface area is 164 Å². The summed E-state index contributed by atoms with van der Waals surface area (Å²) < 4.78 is 19.5. The van der Waals surface area contributed by atoms with Gasteiger partial charge in [-0.25, -0.2) is 4.39 Å². The molecule has 2 aromatic rings. The summed E-state index contributed by atoms with van der Waals surface area (Å²) in [7, 11) is 0. The number of amides is 1.